The van der Waals surface area contributed by atoms with E-state index in [9.17, 15) is 14.4 Å². The van der Waals surface area contributed by atoms with Gasteiger partial charge < -0.3 is 34.7 Å². The largest absolute Gasteiger partial charge is 0.463 e. The predicted molar refractivity (Wildman–Crippen MR) is 174 cm³/mol. The lowest BCUT2D eigenvalue weighted by Crippen LogP contribution is -2.41. The summed E-state index contributed by atoms with van der Waals surface area (Å²) in [5.41, 5.74) is 0. The van der Waals surface area contributed by atoms with Gasteiger partial charge in [-0.1, -0.05) is 97.3 Å². The maximum absolute atomic E-state index is 11.7. The van der Waals surface area contributed by atoms with Crippen molar-refractivity contribution >= 4 is 18.0 Å². The Kier molecular flexibility index (Phi) is 29.7. The van der Waals surface area contributed by atoms with Gasteiger partial charge >= 0.3 is 18.0 Å². The first-order chi connectivity index (χ1) is 21.4. The molecule has 10 heteroatoms. The summed E-state index contributed by atoms with van der Waals surface area (Å²) in [6, 6.07) is -0.0672. The van der Waals surface area contributed by atoms with E-state index in [1.165, 1.54) is 78.1 Å². The first-order valence-corrected chi connectivity index (χ1v) is 17.6. The molecule has 3 unspecified atom stereocenters. The maximum atomic E-state index is 11.7. The predicted octanol–water partition coefficient (Wildman–Crippen LogP) is 6.95. The van der Waals surface area contributed by atoms with Crippen LogP contribution < -0.4 is 10.6 Å². The third kappa shape index (κ3) is 27.6. The van der Waals surface area contributed by atoms with Gasteiger partial charge in [-0.25, -0.2) is 4.79 Å². The highest BCUT2D eigenvalue weighted by atomic mass is 16.7. The van der Waals surface area contributed by atoms with Gasteiger partial charge in [0.25, 0.3) is 0 Å². The SMILES string of the molecule is CC.CC(=O)OCC1CC(OC(C)=O)CC(OCCCCCCCCCCCCCCCNC(=O)NCCCCCCO)O1. The Bertz CT molecular complexity index is 694. The zero-order valence-electron chi connectivity index (χ0n) is 28.5. The normalized spacial score (nSPS) is 17.7. The van der Waals surface area contributed by atoms with E-state index in [-0.39, 0.29) is 43.4 Å². The van der Waals surface area contributed by atoms with Crippen molar-refractivity contribution in [2.24, 2.45) is 0 Å². The lowest BCUT2D eigenvalue weighted by atomic mass is 10.0. The molecule has 3 N–H and O–H groups in total. The molecule has 0 radical (unpaired) electrons. The third-order valence-electron chi connectivity index (χ3n) is 7.41. The molecule has 1 heterocycles. The van der Waals surface area contributed by atoms with Gasteiger partial charge in [-0.2, -0.15) is 0 Å². The molecule has 3 atom stereocenters. The number of aliphatic hydroxyl groups excluding tert-OH is 1. The van der Waals surface area contributed by atoms with E-state index in [0.29, 0.717) is 26.0 Å². The second-order valence-corrected chi connectivity index (χ2v) is 11.5. The molecule has 44 heavy (non-hydrogen) atoms. The molecule has 1 aliphatic rings. The van der Waals surface area contributed by atoms with E-state index in [1.807, 2.05) is 13.8 Å². The van der Waals surface area contributed by atoms with Gasteiger partial charge in [0.1, 0.15) is 12.7 Å². The van der Waals surface area contributed by atoms with Crippen molar-refractivity contribution in [1.82, 2.24) is 10.6 Å². The number of carbonyl (C=O) groups excluding carboxylic acids is 3. The van der Waals surface area contributed by atoms with E-state index in [2.05, 4.69) is 10.6 Å². The van der Waals surface area contributed by atoms with Crippen LogP contribution in [0.15, 0.2) is 0 Å². The van der Waals surface area contributed by atoms with Crippen molar-refractivity contribution in [2.75, 3.05) is 32.9 Å². The molecule has 0 aromatic carbocycles. The number of amides is 2. The minimum atomic E-state index is -0.449. The number of unbranched alkanes of at least 4 members (excludes halogenated alkanes) is 15. The molecule has 1 rings (SSSR count). The Labute approximate surface area is 268 Å². The summed E-state index contributed by atoms with van der Waals surface area (Å²) in [7, 11) is 0. The fourth-order valence-corrected chi connectivity index (χ4v) is 5.13. The third-order valence-corrected chi connectivity index (χ3v) is 7.41. The lowest BCUT2D eigenvalue weighted by Gasteiger charge is -2.34. The molecule has 0 saturated carbocycles. The monoisotopic (exact) mass is 630 g/mol. The summed E-state index contributed by atoms with van der Waals surface area (Å²) in [4.78, 5) is 34.2. The Morgan fingerprint density at radius 3 is 1.64 bits per heavy atom. The topological polar surface area (TPSA) is 132 Å². The fraction of sp³-hybridized carbons (Fsp3) is 0.912. The molecule has 10 nitrogen and oxygen atoms in total. The van der Waals surface area contributed by atoms with Gasteiger partial charge in [-0.05, 0) is 25.7 Å². The molecule has 1 fully saturated rings. The van der Waals surface area contributed by atoms with Crippen LogP contribution in [0.25, 0.3) is 0 Å². The second-order valence-electron chi connectivity index (χ2n) is 11.5. The van der Waals surface area contributed by atoms with Gasteiger partial charge in [0, 0.05) is 53.0 Å². The standard InChI is InChI=1S/C32H60N2O8.C2H6/c1-27(36)40-26-30-24-29(41-28(2)37)25-31(42-30)39-23-19-15-11-9-7-5-3-4-6-8-10-12-16-20-33-32(38)34-21-17-13-14-18-22-35;1-2/h29-31,35H,3-26H2,1-2H3,(H2,33,34,38);1-2H3. The molecule has 0 aromatic rings. The number of esters is 2. The molecule has 0 bridgehead atoms. The number of hydrogen-bond acceptors (Lipinski definition) is 8. The average Bonchev–Trinajstić information content (AvgIpc) is 3.00. The van der Waals surface area contributed by atoms with Crippen LogP contribution in [0.1, 0.15) is 150 Å². The molecule has 0 aromatic heterocycles. The minimum Gasteiger partial charge on any atom is -0.463 e. The van der Waals surface area contributed by atoms with Crippen molar-refractivity contribution in [3.63, 3.8) is 0 Å². The summed E-state index contributed by atoms with van der Waals surface area (Å²) in [5, 5.41) is 14.6. The highest BCUT2D eigenvalue weighted by molar-refractivity contribution is 5.73. The Morgan fingerprint density at radius 2 is 1.16 bits per heavy atom. The molecule has 0 aliphatic carbocycles. The molecule has 2 amide bonds. The zero-order chi connectivity index (χ0) is 32.7. The van der Waals surface area contributed by atoms with Gasteiger partial charge in [0.15, 0.2) is 6.29 Å². The van der Waals surface area contributed by atoms with Crippen molar-refractivity contribution in [3.8, 4) is 0 Å². The molecular weight excluding hydrogens is 564 g/mol. The van der Waals surface area contributed by atoms with Crippen LogP contribution in [0, 0.1) is 0 Å². The van der Waals surface area contributed by atoms with Crippen LogP contribution in [0.2, 0.25) is 0 Å². The van der Waals surface area contributed by atoms with E-state index in [0.717, 1.165) is 51.5 Å². The van der Waals surface area contributed by atoms with Crippen molar-refractivity contribution in [3.05, 3.63) is 0 Å². The minimum absolute atomic E-state index is 0.0672. The highest BCUT2D eigenvalue weighted by Gasteiger charge is 2.32. The molecular formula is C34H66N2O8. The Morgan fingerprint density at radius 1 is 0.682 bits per heavy atom. The van der Waals surface area contributed by atoms with Gasteiger partial charge in [0.2, 0.25) is 0 Å². The molecule has 1 saturated heterocycles. The van der Waals surface area contributed by atoms with Gasteiger partial charge in [-0.15, -0.1) is 0 Å². The van der Waals surface area contributed by atoms with E-state index in [1.54, 1.807) is 0 Å². The summed E-state index contributed by atoms with van der Waals surface area (Å²) in [6.07, 6.45) is 19.6. The van der Waals surface area contributed by atoms with Crippen LogP contribution >= 0.6 is 0 Å². The Hall–Kier alpha value is -1.91. The number of aliphatic hydroxyl groups is 1. The van der Waals surface area contributed by atoms with Crippen molar-refractivity contribution in [1.29, 1.82) is 0 Å². The zero-order valence-corrected chi connectivity index (χ0v) is 28.5. The summed E-state index contributed by atoms with van der Waals surface area (Å²) < 4.78 is 22.2. The quantitative estimate of drug-likeness (QED) is 0.0691. The summed E-state index contributed by atoms with van der Waals surface area (Å²) in [6.45, 7) is 9.19. The first kappa shape index (κ1) is 42.1. The fourth-order valence-electron chi connectivity index (χ4n) is 5.13. The van der Waals surface area contributed by atoms with Crippen LogP contribution in [-0.4, -0.2) is 74.5 Å². The average molecular weight is 631 g/mol. The smallest absolute Gasteiger partial charge is 0.314 e. The Balaban J connectivity index is 0.00000904. The number of nitrogens with one attached hydrogen (secondary N) is 2. The maximum Gasteiger partial charge on any atom is 0.314 e. The number of carbonyl (C=O) groups is 3. The molecule has 260 valence electrons. The van der Waals surface area contributed by atoms with Crippen LogP contribution in [0.3, 0.4) is 0 Å². The lowest BCUT2D eigenvalue weighted by molar-refractivity contribution is -0.229. The van der Waals surface area contributed by atoms with Crippen molar-refractivity contribution < 1.29 is 38.4 Å². The van der Waals surface area contributed by atoms with E-state index in [4.69, 9.17) is 24.1 Å². The van der Waals surface area contributed by atoms with E-state index < -0.39 is 6.29 Å². The highest BCUT2D eigenvalue weighted by Crippen LogP contribution is 2.24. The summed E-state index contributed by atoms with van der Waals surface area (Å²) in [5.74, 6) is -0.684. The van der Waals surface area contributed by atoms with Crippen LogP contribution in [0.4, 0.5) is 4.79 Å². The van der Waals surface area contributed by atoms with E-state index >= 15 is 0 Å². The first-order valence-electron chi connectivity index (χ1n) is 17.6. The number of urea groups is 1. The van der Waals surface area contributed by atoms with Crippen LogP contribution in [0.5, 0.6) is 0 Å². The second kappa shape index (κ2) is 31.1. The number of rotatable bonds is 26. The number of ether oxygens (including phenoxy) is 4. The van der Waals surface area contributed by atoms with Gasteiger partial charge in [-0.3, -0.25) is 9.59 Å². The van der Waals surface area contributed by atoms with Crippen LogP contribution in [-0.2, 0) is 28.5 Å². The summed E-state index contributed by atoms with van der Waals surface area (Å²) >= 11 is 0. The van der Waals surface area contributed by atoms with Gasteiger partial charge in [0.05, 0.1) is 6.10 Å². The molecule has 0 spiro atoms. The number of hydrogen-bond donors (Lipinski definition) is 3. The van der Waals surface area contributed by atoms with Crippen molar-refractivity contribution in [2.45, 2.75) is 168 Å². The molecule has 1 aliphatic heterocycles.